The first-order valence-electron chi connectivity index (χ1n) is 4.16. The Labute approximate surface area is 69.6 Å². The standard InChI is InChI=1S/C8H18O2.H3N/c1-3-5-7-9-10-8-6-4-2;/h3-8H2,1-2H3;1H3. The van der Waals surface area contributed by atoms with E-state index >= 15 is 0 Å². The minimum atomic E-state index is 0. The zero-order chi connectivity index (χ0) is 7.66. The van der Waals surface area contributed by atoms with Crippen LogP contribution in [0.2, 0.25) is 0 Å². The first-order chi connectivity index (χ1) is 4.91. The van der Waals surface area contributed by atoms with E-state index in [4.69, 9.17) is 9.78 Å². The predicted octanol–water partition coefficient (Wildman–Crippen LogP) is 2.70. The van der Waals surface area contributed by atoms with E-state index in [1.165, 1.54) is 0 Å². The molecule has 0 radical (unpaired) electrons. The van der Waals surface area contributed by atoms with Crippen LogP contribution < -0.4 is 6.15 Å². The van der Waals surface area contributed by atoms with Gasteiger partial charge in [0.2, 0.25) is 0 Å². The van der Waals surface area contributed by atoms with Gasteiger partial charge in [-0.15, -0.1) is 0 Å². The number of unbranched alkanes of at least 4 members (excludes halogenated alkanes) is 2. The zero-order valence-corrected chi connectivity index (χ0v) is 7.77. The summed E-state index contributed by atoms with van der Waals surface area (Å²) in [5, 5.41) is 0. The summed E-state index contributed by atoms with van der Waals surface area (Å²) >= 11 is 0. The lowest BCUT2D eigenvalue weighted by Crippen LogP contribution is -1.97. The first kappa shape index (κ1) is 13.5. The van der Waals surface area contributed by atoms with Gasteiger partial charge in [0.25, 0.3) is 0 Å². The molecule has 0 aliphatic heterocycles. The molecule has 0 aromatic carbocycles. The molecule has 0 aromatic heterocycles. The van der Waals surface area contributed by atoms with Gasteiger partial charge in [0.1, 0.15) is 0 Å². The zero-order valence-electron chi connectivity index (χ0n) is 7.77. The van der Waals surface area contributed by atoms with E-state index in [9.17, 15) is 0 Å². The van der Waals surface area contributed by atoms with Crippen LogP contribution in [-0.2, 0) is 9.78 Å². The topological polar surface area (TPSA) is 53.5 Å². The molecule has 11 heavy (non-hydrogen) atoms. The molecule has 0 heterocycles. The fraction of sp³-hybridized carbons (Fsp3) is 1.00. The van der Waals surface area contributed by atoms with Crippen LogP contribution in [0.25, 0.3) is 0 Å². The van der Waals surface area contributed by atoms with Crippen molar-refractivity contribution in [2.75, 3.05) is 13.2 Å². The Bertz CT molecular complexity index is 52.1. The Kier molecular flexibility index (Phi) is 15.4. The lowest BCUT2D eigenvalue weighted by Gasteiger charge is -2.00. The van der Waals surface area contributed by atoms with Crippen molar-refractivity contribution in [2.24, 2.45) is 0 Å². The predicted molar refractivity (Wildman–Crippen MR) is 46.7 cm³/mol. The molecule has 0 amide bonds. The summed E-state index contributed by atoms with van der Waals surface area (Å²) in [6, 6.07) is 0. The van der Waals surface area contributed by atoms with Gasteiger partial charge in [0.15, 0.2) is 0 Å². The Morgan fingerprint density at radius 1 is 0.818 bits per heavy atom. The van der Waals surface area contributed by atoms with Crippen molar-refractivity contribution < 1.29 is 9.78 Å². The molecule has 0 spiro atoms. The molecule has 0 atom stereocenters. The molecule has 3 N–H and O–H groups in total. The first-order valence-corrected chi connectivity index (χ1v) is 4.16. The summed E-state index contributed by atoms with van der Waals surface area (Å²) in [6.07, 6.45) is 4.51. The highest BCUT2D eigenvalue weighted by Crippen LogP contribution is 1.91. The second-order valence-corrected chi connectivity index (χ2v) is 2.35. The highest BCUT2D eigenvalue weighted by atomic mass is 17.2. The average molecular weight is 163 g/mol. The van der Waals surface area contributed by atoms with Crippen molar-refractivity contribution in [2.45, 2.75) is 39.5 Å². The van der Waals surface area contributed by atoms with Gasteiger partial charge in [-0.1, -0.05) is 26.7 Å². The van der Waals surface area contributed by atoms with Crippen LogP contribution in [0.4, 0.5) is 0 Å². The van der Waals surface area contributed by atoms with E-state index in [-0.39, 0.29) is 6.15 Å². The second kappa shape index (κ2) is 12.5. The van der Waals surface area contributed by atoms with Crippen LogP contribution in [0.5, 0.6) is 0 Å². The average Bonchev–Trinajstić information content (AvgIpc) is 1.97. The van der Waals surface area contributed by atoms with E-state index in [1.807, 2.05) is 0 Å². The minimum absolute atomic E-state index is 0. The summed E-state index contributed by atoms with van der Waals surface area (Å²) < 4.78 is 0. The molecule has 0 saturated carbocycles. The maximum Gasteiger partial charge on any atom is 0.0822 e. The molecule has 0 aliphatic rings. The smallest absolute Gasteiger partial charge is 0.0822 e. The fourth-order valence-corrected chi connectivity index (χ4v) is 0.524. The summed E-state index contributed by atoms with van der Waals surface area (Å²) in [5.41, 5.74) is 0. The van der Waals surface area contributed by atoms with E-state index in [2.05, 4.69) is 13.8 Å². The van der Waals surface area contributed by atoms with Crippen LogP contribution in [0, 0.1) is 0 Å². The molecule has 0 fully saturated rings. The molecular formula is C8H21NO2. The Hall–Kier alpha value is -0.120. The quantitative estimate of drug-likeness (QED) is 0.356. The maximum atomic E-state index is 4.88. The minimum Gasteiger partial charge on any atom is -0.344 e. The van der Waals surface area contributed by atoms with Crippen molar-refractivity contribution in [1.82, 2.24) is 6.15 Å². The normalized spacial score (nSPS) is 9.27. The highest BCUT2D eigenvalue weighted by molar-refractivity contribution is 4.28. The van der Waals surface area contributed by atoms with E-state index in [1.54, 1.807) is 0 Å². The highest BCUT2D eigenvalue weighted by Gasteiger charge is 1.86. The molecule has 3 heteroatoms. The Morgan fingerprint density at radius 2 is 1.18 bits per heavy atom. The van der Waals surface area contributed by atoms with Gasteiger partial charge in [-0.2, -0.15) is 0 Å². The summed E-state index contributed by atoms with van der Waals surface area (Å²) in [4.78, 5) is 9.75. The summed E-state index contributed by atoms with van der Waals surface area (Å²) in [6.45, 7) is 5.74. The molecule has 0 unspecified atom stereocenters. The van der Waals surface area contributed by atoms with Gasteiger partial charge in [0, 0.05) is 0 Å². The lowest BCUT2D eigenvalue weighted by atomic mass is 10.4. The van der Waals surface area contributed by atoms with Gasteiger partial charge < -0.3 is 6.15 Å². The van der Waals surface area contributed by atoms with Crippen molar-refractivity contribution in [1.29, 1.82) is 0 Å². The van der Waals surface area contributed by atoms with Gasteiger partial charge in [-0.25, -0.2) is 9.78 Å². The number of rotatable bonds is 7. The SMILES string of the molecule is CCCCOOCCCC.N. The van der Waals surface area contributed by atoms with Crippen LogP contribution in [0.15, 0.2) is 0 Å². The molecular weight excluding hydrogens is 142 g/mol. The van der Waals surface area contributed by atoms with Gasteiger partial charge in [-0.3, -0.25) is 0 Å². The molecule has 70 valence electrons. The van der Waals surface area contributed by atoms with Crippen LogP contribution >= 0.6 is 0 Å². The van der Waals surface area contributed by atoms with E-state index < -0.39 is 0 Å². The Balaban J connectivity index is 0. The third-order valence-corrected chi connectivity index (χ3v) is 1.25. The lowest BCUT2D eigenvalue weighted by molar-refractivity contribution is -0.295. The summed E-state index contributed by atoms with van der Waals surface area (Å²) in [7, 11) is 0. The van der Waals surface area contributed by atoms with Crippen molar-refractivity contribution in [3.05, 3.63) is 0 Å². The van der Waals surface area contributed by atoms with Crippen LogP contribution in [0.1, 0.15) is 39.5 Å². The van der Waals surface area contributed by atoms with Crippen molar-refractivity contribution in [3.8, 4) is 0 Å². The molecule has 0 rings (SSSR count). The van der Waals surface area contributed by atoms with Crippen molar-refractivity contribution >= 4 is 0 Å². The largest absolute Gasteiger partial charge is 0.344 e. The molecule has 3 nitrogen and oxygen atoms in total. The molecule has 0 aliphatic carbocycles. The van der Waals surface area contributed by atoms with Gasteiger partial charge >= 0.3 is 0 Å². The third-order valence-electron chi connectivity index (χ3n) is 1.25. The van der Waals surface area contributed by atoms with Gasteiger partial charge in [0.05, 0.1) is 13.2 Å². The van der Waals surface area contributed by atoms with Crippen LogP contribution in [-0.4, -0.2) is 13.2 Å². The second-order valence-electron chi connectivity index (χ2n) is 2.35. The van der Waals surface area contributed by atoms with Gasteiger partial charge in [-0.05, 0) is 12.8 Å². The molecule has 0 bridgehead atoms. The molecule has 0 saturated heterocycles. The number of hydrogen-bond donors (Lipinski definition) is 1. The van der Waals surface area contributed by atoms with Crippen LogP contribution in [0.3, 0.4) is 0 Å². The maximum absolute atomic E-state index is 4.88. The Morgan fingerprint density at radius 3 is 1.45 bits per heavy atom. The van der Waals surface area contributed by atoms with E-state index in [0.717, 1.165) is 38.9 Å². The molecule has 0 aromatic rings. The van der Waals surface area contributed by atoms with Crippen molar-refractivity contribution in [3.63, 3.8) is 0 Å². The third kappa shape index (κ3) is 13.0. The monoisotopic (exact) mass is 163 g/mol. The fourth-order valence-electron chi connectivity index (χ4n) is 0.524. The number of hydrogen-bond acceptors (Lipinski definition) is 3. The van der Waals surface area contributed by atoms with E-state index in [0.29, 0.717) is 0 Å². The summed E-state index contributed by atoms with van der Waals surface area (Å²) in [5.74, 6) is 0.